The average molecular weight is 126 g/mol. The second-order valence-electron chi connectivity index (χ2n) is 2.03. The largest absolute Gasteiger partial charge is 0.501 e. The molecule has 0 amide bonds. The number of ether oxygens (including phenoxy) is 1. The van der Waals surface area contributed by atoms with Crippen LogP contribution in [0.2, 0.25) is 0 Å². The van der Waals surface area contributed by atoms with Crippen LogP contribution in [0.25, 0.3) is 0 Å². The number of rotatable bonds is 1. The molecule has 0 aliphatic carbocycles. The first-order chi connectivity index (χ1) is 4.30. The number of amidine groups is 1. The molecule has 0 saturated heterocycles. The number of nitrogens with one attached hydrogen (secondary N) is 1. The lowest BCUT2D eigenvalue weighted by Gasteiger charge is -2.11. The summed E-state index contributed by atoms with van der Waals surface area (Å²) in [5.74, 6) is 0.134. The summed E-state index contributed by atoms with van der Waals surface area (Å²) in [6.45, 7) is 0.761. The van der Waals surface area contributed by atoms with Crippen LogP contribution >= 0.6 is 0 Å². The zero-order valence-electron chi connectivity index (χ0n) is 5.18. The van der Waals surface area contributed by atoms with Crippen molar-refractivity contribution in [2.24, 2.45) is 5.73 Å². The Morgan fingerprint density at radius 1 is 1.78 bits per heavy atom. The fourth-order valence-corrected chi connectivity index (χ4v) is 0.763. The van der Waals surface area contributed by atoms with Crippen LogP contribution in [0.3, 0.4) is 0 Å². The molecule has 0 bridgehead atoms. The highest BCUT2D eigenvalue weighted by molar-refractivity contribution is 5.94. The molecule has 0 aromatic carbocycles. The number of hydrogen-bond acceptors (Lipinski definition) is 2. The van der Waals surface area contributed by atoms with Crippen molar-refractivity contribution in [1.82, 2.24) is 0 Å². The van der Waals surface area contributed by atoms with Gasteiger partial charge in [0, 0.05) is 5.57 Å². The van der Waals surface area contributed by atoms with Crippen molar-refractivity contribution in [3.05, 3.63) is 11.8 Å². The molecule has 3 heteroatoms. The maximum atomic E-state index is 7.02. The Morgan fingerprint density at radius 2 is 2.56 bits per heavy atom. The Labute approximate surface area is 54.0 Å². The highest BCUT2D eigenvalue weighted by atomic mass is 16.5. The molecule has 3 N–H and O–H groups in total. The van der Waals surface area contributed by atoms with Crippen molar-refractivity contribution in [1.29, 1.82) is 5.41 Å². The van der Waals surface area contributed by atoms with Crippen molar-refractivity contribution in [2.45, 2.75) is 12.8 Å². The van der Waals surface area contributed by atoms with Gasteiger partial charge in [-0.05, 0) is 12.8 Å². The SMILES string of the molecule is N=C(N)C1=COCCC1. The van der Waals surface area contributed by atoms with E-state index in [0.717, 1.165) is 25.0 Å². The van der Waals surface area contributed by atoms with E-state index in [2.05, 4.69) is 0 Å². The zero-order valence-corrected chi connectivity index (χ0v) is 5.18. The zero-order chi connectivity index (χ0) is 6.69. The fraction of sp³-hybridized carbons (Fsp3) is 0.500. The second kappa shape index (κ2) is 2.53. The molecule has 3 nitrogen and oxygen atoms in total. The number of hydrogen-bond donors (Lipinski definition) is 2. The second-order valence-corrected chi connectivity index (χ2v) is 2.03. The molecule has 0 atom stereocenters. The van der Waals surface area contributed by atoms with E-state index in [0.29, 0.717) is 0 Å². The highest BCUT2D eigenvalue weighted by Gasteiger charge is 2.05. The van der Waals surface area contributed by atoms with Crippen LogP contribution < -0.4 is 5.73 Å². The molecule has 1 aliphatic heterocycles. The van der Waals surface area contributed by atoms with Crippen molar-refractivity contribution in [3.8, 4) is 0 Å². The summed E-state index contributed by atoms with van der Waals surface area (Å²) in [5, 5.41) is 7.02. The fourth-order valence-electron chi connectivity index (χ4n) is 0.763. The van der Waals surface area contributed by atoms with E-state index in [1.54, 1.807) is 6.26 Å². The number of nitrogens with two attached hydrogens (primary N) is 1. The minimum absolute atomic E-state index is 0.134. The molecule has 0 aromatic rings. The van der Waals surface area contributed by atoms with E-state index in [4.69, 9.17) is 15.9 Å². The maximum absolute atomic E-state index is 7.02. The predicted octanol–water partition coefficient (Wildman–Crippen LogP) is 0.617. The molecule has 1 aliphatic rings. The van der Waals surface area contributed by atoms with Crippen LogP contribution in [-0.4, -0.2) is 12.4 Å². The van der Waals surface area contributed by atoms with E-state index in [-0.39, 0.29) is 5.84 Å². The van der Waals surface area contributed by atoms with Crippen LogP contribution in [0, 0.1) is 5.41 Å². The minimum Gasteiger partial charge on any atom is -0.501 e. The lowest BCUT2D eigenvalue weighted by molar-refractivity contribution is 0.228. The van der Waals surface area contributed by atoms with Gasteiger partial charge in [-0.1, -0.05) is 0 Å². The Bertz CT molecular complexity index is 151. The van der Waals surface area contributed by atoms with Gasteiger partial charge in [0.2, 0.25) is 0 Å². The Balaban J connectivity index is 2.57. The molecule has 1 heterocycles. The van der Waals surface area contributed by atoms with Crippen LogP contribution in [0.1, 0.15) is 12.8 Å². The summed E-state index contributed by atoms with van der Waals surface area (Å²) in [6, 6.07) is 0. The van der Waals surface area contributed by atoms with Gasteiger partial charge in [0.1, 0.15) is 5.84 Å². The molecule has 0 fully saturated rings. The first kappa shape index (κ1) is 6.13. The lowest BCUT2D eigenvalue weighted by Crippen LogP contribution is -2.16. The van der Waals surface area contributed by atoms with Crippen LogP contribution in [-0.2, 0) is 4.74 Å². The van der Waals surface area contributed by atoms with E-state index >= 15 is 0 Å². The Kier molecular flexibility index (Phi) is 1.72. The van der Waals surface area contributed by atoms with Gasteiger partial charge in [-0.25, -0.2) is 0 Å². The highest BCUT2D eigenvalue weighted by Crippen LogP contribution is 2.10. The minimum atomic E-state index is 0.134. The molecular weight excluding hydrogens is 116 g/mol. The van der Waals surface area contributed by atoms with Gasteiger partial charge < -0.3 is 10.5 Å². The van der Waals surface area contributed by atoms with Gasteiger partial charge in [0.05, 0.1) is 12.9 Å². The molecule has 9 heavy (non-hydrogen) atoms. The summed E-state index contributed by atoms with van der Waals surface area (Å²) in [7, 11) is 0. The van der Waals surface area contributed by atoms with Gasteiger partial charge in [0.15, 0.2) is 0 Å². The summed E-state index contributed by atoms with van der Waals surface area (Å²) < 4.78 is 4.96. The molecule has 0 saturated carbocycles. The van der Waals surface area contributed by atoms with Crippen molar-refractivity contribution in [3.63, 3.8) is 0 Å². The first-order valence-electron chi connectivity index (χ1n) is 2.96. The van der Waals surface area contributed by atoms with Crippen LogP contribution in [0.5, 0.6) is 0 Å². The van der Waals surface area contributed by atoms with E-state index in [9.17, 15) is 0 Å². The molecular formula is C6H10N2O. The molecule has 0 radical (unpaired) electrons. The van der Waals surface area contributed by atoms with Crippen molar-refractivity contribution >= 4 is 5.84 Å². The maximum Gasteiger partial charge on any atom is 0.121 e. The van der Waals surface area contributed by atoms with Crippen molar-refractivity contribution in [2.75, 3.05) is 6.61 Å². The van der Waals surface area contributed by atoms with Gasteiger partial charge in [-0.3, -0.25) is 5.41 Å². The summed E-state index contributed by atoms with van der Waals surface area (Å²) in [5.41, 5.74) is 6.02. The van der Waals surface area contributed by atoms with Gasteiger partial charge in [0.25, 0.3) is 0 Å². The average Bonchev–Trinajstić information content (AvgIpc) is 1.90. The summed E-state index contributed by atoms with van der Waals surface area (Å²) >= 11 is 0. The van der Waals surface area contributed by atoms with Crippen LogP contribution in [0.4, 0.5) is 0 Å². The normalized spacial score (nSPS) is 18.0. The third-order valence-electron chi connectivity index (χ3n) is 1.28. The molecule has 0 spiro atoms. The topological polar surface area (TPSA) is 59.1 Å². The van der Waals surface area contributed by atoms with E-state index < -0.39 is 0 Å². The molecule has 50 valence electrons. The monoisotopic (exact) mass is 126 g/mol. The predicted molar refractivity (Wildman–Crippen MR) is 35.2 cm³/mol. The van der Waals surface area contributed by atoms with Gasteiger partial charge in [-0.2, -0.15) is 0 Å². The lowest BCUT2D eigenvalue weighted by atomic mass is 10.1. The van der Waals surface area contributed by atoms with Crippen LogP contribution in [0.15, 0.2) is 11.8 Å². The van der Waals surface area contributed by atoms with E-state index in [1.165, 1.54) is 0 Å². The third kappa shape index (κ3) is 1.45. The van der Waals surface area contributed by atoms with E-state index in [1.807, 2.05) is 0 Å². The quantitative estimate of drug-likeness (QED) is 0.399. The van der Waals surface area contributed by atoms with Gasteiger partial charge >= 0.3 is 0 Å². The third-order valence-corrected chi connectivity index (χ3v) is 1.28. The summed E-state index contributed by atoms with van der Waals surface area (Å²) in [6.07, 6.45) is 3.44. The molecule has 0 unspecified atom stereocenters. The first-order valence-corrected chi connectivity index (χ1v) is 2.96. The van der Waals surface area contributed by atoms with Crippen molar-refractivity contribution < 1.29 is 4.74 Å². The summed E-state index contributed by atoms with van der Waals surface area (Å²) in [4.78, 5) is 0. The Hall–Kier alpha value is -0.990. The molecule has 0 aromatic heterocycles. The van der Waals surface area contributed by atoms with Gasteiger partial charge in [-0.15, -0.1) is 0 Å². The smallest absolute Gasteiger partial charge is 0.121 e. The standard InChI is InChI=1S/C6H10N2O/c7-6(8)5-2-1-3-9-4-5/h4H,1-3H2,(H3,7,8). The Morgan fingerprint density at radius 3 is 2.89 bits per heavy atom. The molecule has 1 rings (SSSR count).